The fourth-order valence-electron chi connectivity index (χ4n) is 3.83. The third kappa shape index (κ3) is 4.23. The number of hydrogen-bond acceptors (Lipinski definition) is 5. The van der Waals surface area contributed by atoms with Gasteiger partial charge in [-0.05, 0) is 44.5 Å². The molecule has 1 amide bonds. The van der Waals surface area contributed by atoms with E-state index in [0.29, 0.717) is 49.9 Å². The highest BCUT2D eigenvalue weighted by Crippen LogP contribution is 2.21. The van der Waals surface area contributed by atoms with Gasteiger partial charge >= 0.3 is 0 Å². The smallest absolute Gasteiger partial charge is 0.255 e. The number of aromatic nitrogens is 3. The summed E-state index contributed by atoms with van der Waals surface area (Å²) in [6.45, 7) is 7.48. The summed E-state index contributed by atoms with van der Waals surface area (Å²) >= 11 is 0. The fourth-order valence-corrected chi connectivity index (χ4v) is 3.83. The number of fused-ring (bicyclic) bond motifs is 1. The van der Waals surface area contributed by atoms with Gasteiger partial charge in [-0.3, -0.25) is 14.6 Å². The first kappa shape index (κ1) is 20.2. The Hall–Kier alpha value is -3.13. The van der Waals surface area contributed by atoms with Crippen molar-refractivity contribution in [1.82, 2.24) is 14.5 Å². The van der Waals surface area contributed by atoms with Crippen molar-refractivity contribution in [1.29, 1.82) is 0 Å². The number of morpholine rings is 1. The van der Waals surface area contributed by atoms with Crippen LogP contribution in [0.5, 0.6) is 0 Å². The highest BCUT2D eigenvalue weighted by Gasteiger charge is 2.17. The monoisotopic (exact) mass is 409 g/mol. The number of nitrogens with one attached hydrogen (secondary N) is 2. The number of carbonyl (C=O) groups excluding carboxylic acids is 1. The number of aromatic amines is 1. The van der Waals surface area contributed by atoms with Crippen LogP contribution in [-0.4, -0.2) is 46.7 Å². The molecule has 1 aromatic carbocycles. The lowest BCUT2D eigenvalue weighted by Gasteiger charge is -2.27. The molecular formula is C22H27N5O3. The zero-order valence-corrected chi connectivity index (χ0v) is 17.4. The molecule has 0 bridgehead atoms. The van der Waals surface area contributed by atoms with Gasteiger partial charge in [0, 0.05) is 60.1 Å². The van der Waals surface area contributed by atoms with E-state index in [4.69, 9.17) is 4.74 Å². The van der Waals surface area contributed by atoms with E-state index >= 15 is 0 Å². The van der Waals surface area contributed by atoms with Gasteiger partial charge in [0.25, 0.3) is 5.56 Å². The van der Waals surface area contributed by atoms with E-state index in [1.165, 1.54) is 0 Å². The van der Waals surface area contributed by atoms with Crippen LogP contribution in [0.2, 0.25) is 0 Å². The maximum absolute atomic E-state index is 12.6. The number of aryl methyl sites for hydroxylation is 2. The molecule has 2 N–H and O–H groups in total. The number of H-pyrrole nitrogens is 1. The van der Waals surface area contributed by atoms with Crippen LogP contribution < -0.4 is 15.8 Å². The summed E-state index contributed by atoms with van der Waals surface area (Å²) in [6.07, 6.45) is 2.60. The predicted molar refractivity (Wildman–Crippen MR) is 117 cm³/mol. The zero-order valence-electron chi connectivity index (χ0n) is 17.4. The van der Waals surface area contributed by atoms with E-state index in [1.54, 1.807) is 0 Å². The van der Waals surface area contributed by atoms with Crippen LogP contribution in [0, 0.1) is 6.92 Å². The second kappa shape index (κ2) is 8.71. The zero-order chi connectivity index (χ0) is 21.1. The maximum Gasteiger partial charge on any atom is 0.255 e. The Morgan fingerprint density at radius 2 is 2.07 bits per heavy atom. The highest BCUT2D eigenvalue weighted by atomic mass is 16.5. The van der Waals surface area contributed by atoms with E-state index in [-0.39, 0.29) is 17.9 Å². The van der Waals surface area contributed by atoms with Gasteiger partial charge in [-0.15, -0.1) is 0 Å². The molecule has 1 aliphatic rings. The van der Waals surface area contributed by atoms with Gasteiger partial charge in [-0.2, -0.15) is 0 Å². The molecule has 3 aromatic rings. The Balaban J connectivity index is 1.40. The molecule has 8 heteroatoms. The van der Waals surface area contributed by atoms with Crippen molar-refractivity contribution in [2.75, 3.05) is 36.5 Å². The molecule has 3 heterocycles. The van der Waals surface area contributed by atoms with Crippen molar-refractivity contribution in [3.63, 3.8) is 0 Å². The summed E-state index contributed by atoms with van der Waals surface area (Å²) in [6, 6.07) is 7.93. The number of amides is 1. The lowest BCUT2D eigenvalue weighted by atomic mass is 10.1. The van der Waals surface area contributed by atoms with Crippen LogP contribution in [0.4, 0.5) is 11.6 Å². The van der Waals surface area contributed by atoms with Gasteiger partial charge in [0.2, 0.25) is 11.9 Å². The van der Waals surface area contributed by atoms with E-state index < -0.39 is 0 Å². The average Bonchev–Trinajstić information content (AvgIpc) is 3.16. The third-order valence-corrected chi connectivity index (χ3v) is 5.52. The summed E-state index contributed by atoms with van der Waals surface area (Å²) in [5, 5.41) is 4.02. The average molecular weight is 409 g/mol. The summed E-state index contributed by atoms with van der Waals surface area (Å²) in [5.74, 6) is 0.446. The quantitative estimate of drug-likeness (QED) is 0.653. The van der Waals surface area contributed by atoms with E-state index in [1.807, 2.05) is 42.3 Å². The number of benzene rings is 1. The lowest BCUT2D eigenvalue weighted by Crippen LogP contribution is -2.38. The molecule has 0 atom stereocenters. The summed E-state index contributed by atoms with van der Waals surface area (Å²) < 4.78 is 7.50. The van der Waals surface area contributed by atoms with Crippen molar-refractivity contribution >= 4 is 28.4 Å². The van der Waals surface area contributed by atoms with Gasteiger partial charge in [-0.25, -0.2) is 4.98 Å². The number of anilines is 2. The number of nitrogens with zero attached hydrogens (tertiary/aromatic N) is 3. The van der Waals surface area contributed by atoms with Crippen LogP contribution in [0.3, 0.4) is 0 Å². The molecule has 158 valence electrons. The molecule has 30 heavy (non-hydrogen) atoms. The molecule has 0 spiro atoms. The van der Waals surface area contributed by atoms with Crippen molar-refractivity contribution < 1.29 is 9.53 Å². The normalized spacial score (nSPS) is 14.3. The molecular weight excluding hydrogens is 382 g/mol. The largest absolute Gasteiger partial charge is 0.378 e. The predicted octanol–water partition coefficient (Wildman–Crippen LogP) is 2.46. The minimum absolute atomic E-state index is 0.125. The number of ether oxygens (including phenoxy) is 1. The van der Waals surface area contributed by atoms with Crippen LogP contribution in [0.15, 0.2) is 35.3 Å². The molecule has 1 fully saturated rings. The molecule has 4 rings (SSSR count). The van der Waals surface area contributed by atoms with Crippen molar-refractivity contribution in [2.45, 2.75) is 33.2 Å². The first-order chi connectivity index (χ1) is 14.5. The Labute approximate surface area is 174 Å². The second-order valence-corrected chi connectivity index (χ2v) is 7.48. The standard InChI is InChI=1S/C22H27N5O3/c1-3-26-9-8-16-14-17(4-6-19(16)26)24-20(28)7-5-18-15(2)23-22(25-21(18)29)27-10-12-30-13-11-27/h4,6,8-9,14H,3,5,7,10-13H2,1-2H3,(H,24,28)(H,23,25,29). The van der Waals surface area contributed by atoms with Gasteiger partial charge in [-0.1, -0.05) is 0 Å². The van der Waals surface area contributed by atoms with Gasteiger partial charge in [0.1, 0.15) is 0 Å². The summed E-state index contributed by atoms with van der Waals surface area (Å²) in [4.78, 5) is 34.4. The fraction of sp³-hybridized carbons (Fsp3) is 0.409. The summed E-state index contributed by atoms with van der Waals surface area (Å²) in [5.41, 5.74) is 2.93. The van der Waals surface area contributed by atoms with Crippen LogP contribution >= 0.6 is 0 Å². The van der Waals surface area contributed by atoms with Gasteiger partial charge in [0.05, 0.1) is 13.2 Å². The minimum Gasteiger partial charge on any atom is -0.378 e. The summed E-state index contributed by atoms with van der Waals surface area (Å²) in [7, 11) is 0. The van der Waals surface area contributed by atoms with Crippen LogP contribution in [-0.2, 0) is 22.5 Å². The number of carbonyl (C=O) groups is 1. The molecule has 1 aliphatic heterocycles. The van der Waals surface area contributed by atoms with Crippen molar-refractivity contribution in [3.05, 3.63) is 52.1 Å². The Bertz CT molecular complexity index is 1110. The lowest BCUT2D eigenvalue weighted by molar-refractivity contribution is -0.116. The van der Waals surface area contributed by atoms with Gasteiger partial charge in [0.15, 0.2) is 0 Å². The first-order valence-corrected chi connectivity index (χ1v) is 10.4. The molecule has 0 aliphatic carbocycles. The maximum atomic E-state index is 12.6. The number of rotatable bonds is 6. The first-order valence-electron chi connectivity index (χ1n) is 10.4. The third-order valence-electron chi connectivity index (χ3n) is 5.52. The van der Waals surface area contributed by atoms with Crippen LogP contribution in [0.1, 0.15) is 24.6 Å². The molecule has 0 unspecified atom stereocenters. The Morgan fingerprint density at radius 1 is 1.27 bits per heavy atom. The van der Waals surface area contributed by atoms with Crippen LogP contribution in [0.25, 0.3) is 10.9 Å². The minimum atomic E-state index is -0.181. The van der Waals surface area contributed by atoms with E-state index in [9.17, 15) is 9.59 Å². The van der Waals surface area contributed by atoms with E-state index in [0.717, 1.165) is 23.1 Å². The second-order valence-electron chi connectivity index (χ2n) is 7.48. The molecule has 2 aromatic heterocycles. The highest BCUT2D eigenvalue weighted by molar-refractivity contribution is 5.94. The molecule has 8 nitrogen and oxygen atoms in total. The number of hydrogen-bond donors (Lipinski definition) is 2. The molecule has 0 radical (unpaired) electrons. The molecule has 1 saturated heterocycles. The molecule has 0 saturated carbocycles. The Kier molecular flexibility index (Phi) is 5.85. The SMILES string of the molecule is CCn1ccc2cc(NC(=O)CCc3c(C)nc(N4CCOCC4)[nH]c3=O)ccc21. The van der Waals surface area contributed by atoms with Crippen molar-refractivity contribution in [2.24, 2.45) is 0 Å². The topological polar surface area (TPSA) is 92.2 Å². The van der Waals surface area contributed by atoms with Crippen molar-refractivity contribution in [3.8, 4) is 0 Å². The van der Waals surface area contributed by atoms with E-state index in [2.05, 4.69) is 26.8 Å². The van der Waals surface area contributed by atoms with Gasteiger partial charge < -0.3 is 19.5 Å². The Morgan fingerprint density at radius 3 is 2.80 bits per heavy atom.